The summed E-state index contributed by atoms with van der Waals surface area (Å²) in [5.41, 5.74) is -0.446. The van der Waals surface area contributed by atoms with Crippen molar-refractivity contribution in [2.75, 3.05) is 19.7 Å². The van der Waals surface area contributed by atoms with E-state index in [-0.39, 0.29) is 61.2 Å². The number of ether oxygens (including phenoxy) is 2. The van der Waals surface area contributed by atoms with E-state index in [4.69, 9.17) is 16.3 Å². The van der Waals surface area contributed by atoms with Gasteiger partial charge in [0.15, 0.2) is 6.61 Å². The van der Waals surface area contributed by atoms with Gasteiger partial charge in [0.1, 0.15) is 11.6 Å². The molecule has 37 heavy (non-hydrogen) atoms. The lowest BCUT2D eigenvalue weighted by Crippen LogP contribution is -2.53. The predicted molar refractivity (Wildman–Crippen MR) is 122 cm³/mol. The second-order valence-corrected chi connectivity index (χ2v) is 10.1. The molecule has 3 aliphatic carbocycles. The maximum atomic E-state index is 13.5. The molecule has 0 spiro atoms. The molecule has 1 aromatic carbocycles. The van der Waals surface area contributed by atoms with E-state index in [1.54, 1.807) is 0 Å². The highest BCUT2D eigenvalue weighted by molar-refractivity contribution is 6.30. The van der Waals surface area contributed by atoms with E-state index in [0.717, 1.165) is 6.07 Å². The largest absolute Gasteiger partial charge is 0.522 e. The first-order valence-corrected chi connectivity index (χ1v) is 12.2. The summed E-state index contributed by atoms with van der Waals surface area (Å²) in [4.78, 5) is 37.0. The summed E-state index contributed by atoms with van der Waals surface area (Å²) in [6.45, 7) is -0.689. The van der Waals surface area contributed by atoms with Gasteiger partial charge in [-0.1, -0.05) is 11.6 Å². The van der Waals surface area contributed by atoms with Crippen molar-refractivity contribution in [3.8, 4) is 5.75 Å². The number of amides is 3. The van der Waals surface area contributed by atoms with Gasteiger partial charge in [0, 0.05) is 24.2 Å². The number of carbonyl (C=O) groups excluding carboxylic acids is 3. The lowest BCUT2D eigenvalue weighted by molar-refractivity contribution is -0.343. The maximum Gasteiger partial charge on any atom is 0.522 e. The van der Waals surface area contributed by atoms with Crippen LogP contribution in [0.3, 0.4) is 0 Å². The third-order valence-electron chi connectivity index (χ3n) is 6.91. The van der Waals surface area contributed by atoms with Gasteiger partial charge < -0.3 is 26.0 Å². The third kappa shape index (κ3) is 7.23. The van der Waals surface area contributed by atoms with E-state index in [1.807, 2.05) is 0 Å². The molecule has 1 saturated heterocycles. The van der Waals surface area contributed by atoms with E-state index in [0.29, 0.717) is 19.3 Å². The van der Waals surface area contributed by atoms with Crippen molar-refractivity contribution in [2.24, 2.45) is 5.92 Å². The van der Waals surface area contributed by atoms with Crippen molar-refractivity contribution in [1.29, 1.82) is 0 Å². The Bertz CT molecular complexity index is 1030. The van der Waals surface area contributed by atoms with Gasteiger partial charge in [-0.05, 0) is 50.2 Å². The van der Waals surface area contributed by atoms with Gasteiger partial charge in [-0.15, -0.1) is 13.2 Å². The van der Waals surface area contributed by atoms with Crippen LogP contribution >= 0.6 is 11.6 Å². The van der Waals surface area contributed by atoms with Gasteiger partial charge in [-0.2, -0.15) is 0 Å². The molecule has 3 saturated carbocycles. The molecule has 9 nitrogen and oxygen atoms in total. The lowest BCUT2D eigenvalue weighted by Gasteiger charge is -2.39. The zero-order valence-electron chi connectivity index (χ0n) is 19.6. The second-order valence-electron chi connectivity index (χ2n) is 9.68. The highest BCUT2D eigenvalue weighted by Gasteiger charge is 2.57. The van der Waals surface area contributed by atoms with Crippen molar-refractivity contribution >= 4 is 29.3 Å². The number of hydrogen-bond acceptors (Lipinski definition) is 6. The number of hydrogen-bond donors (Lipinski definition) is 4. The summed E-state index contributed by atoms with van der Waals surface area (Å²) in [5, 5.41) is 11.0. The quantitative estimate of drug-likeness (QED) is 0.348. The molecule has 1 heterocycles. The summed E-state index contributed by atoms with van der Waals surface area (Å²) in [7, 11) is 0. The van der Waals surface area contributed by atoms with Gasteiger partial charge in [-0.25, -0.2) is 4.39 Å². The minimum atomic E-state index is -4.73. The Morgan fingerprint density at radius 3 is 2.54 bits per heavy atom. The molecule has 3 amide bonds. The fraction of sp³-hybridized carbons (Fsp3) is 0.609. The Labute approximate surface area is 214 Å². The monoisotopic (exact) mass is 550 g/mol. The van der Waals surface area contributed by atoms with Crippen LogP contribution in [0.5, 0.6) is 5.75 Å². The normalized spacial score (nSPS) is 28.7. The lowest BCUT2D eigenvalue weighted by atomic mass is 9.76. The Morgan fingerprint density at radius 1 is 1.14 bits per heavy atom. The summed E-state index contributed by atoms with van der Waals surface area (Å²) in [6.07, 6.45) is -3.65. The van der Waals surface area contributed by atoms with E-state index < -0.39 is 41.7 Å². The first kappa shape index (κ1) is 27.4. The minimum Gasteiger partial charge on any atom is -0.484 e. The zero-order valence-corrected chi connectivity index (χ0v) is 20.4. The van der Waals surface area contributed by atoms with Crippen LogP contribution in [0.25, 0.3) is 0 Å². The van der Waals surface area contributed by atoms with Crippen LogP contribution in [0.1, 0.15) is 32.1 Å². The molecule has 14 heteroatoms. The SMILES string of the molecule is O=C(CNC(=O)C1CCC(OC(F)(F)F)CN1)N[C@@H]1CC2(NC(=O)COc3ccc(Cl)c(F)c3)CC1C2. The molecule has 204 valence electrons. The molecule has 0 aromatic heterocycles. The van der Waals surface area contributed by atoms with Crippen LogP contribution in [-0.2, 0) is 19.1 Å². The van der Waals surface area contributed by atoms with Crippen LogP contribution in [0.4, 0.5) is 17.6 Å². The fourth-order valence-electron chi connectivity index (χ4n) is 5.24. The first-order chi connectivity index (χ1) is 17.4. The summed E-state index contributed by atoms with van der Waals surface area (Å²) in [5.74, 6) is -1.51. The summed E-state index contributed by atoms with van der Waals surface area (Å²) >= 11 is 5.62. The standard InChI is InChI=1S/C23H27ClF4N4O5/c24-15-3-1-13(5-16(15)25)36-11-20(34)32-22-6-12(7-22)18(8-22)31-19(33)10-30-21(35)17-4-2-14(9-29-17)37-23(26,27)28/h1,3,5,12,14,17-18,29H,2,4,6-11H2,(H,30,35)(H,31,33)(H,32,34)/t12?,14?,17?,18-,22?/m1/s1. The number of alkyl halides is 3. The average molecular weight is 551 g/mol. The number of rotatable bonds is 9. The third-order valence-corrected chi connectivity index (χ3v) is 7.21. The first-order valence-electron chi connectivity index (χ1n) is 11.9. The van der Waals surface area contributed by atoms with Gasteiger partial charge in [-0.3, -0.25) is 19.1 Å². The van der Waals surface area contributed by atoms with Crippen molar-refractivity contribution in [3.05, 3.63) is 29.0 Å². The van der Waals surface area contributed by atoms with E-state index in [2.05, 4.69) is 26.0 Å². The molecule has 4 fully saturated rings. The number of halogens is 5. The van der Waals surface area contributed by atoms with Crippen molar-refractivity contribution in [1.82, 2.24) is 21.3 Å². The highest BCUT2D eigenvalue weighted by atomic mass is 35.5. The van der Waals surface area contributed by atoms with Crippen molar-refractivity contribution in [3.63, 3.8) is 0 Å². The number of fused-ring (bicyclic) bond motifs is 1. The smallest absolute Gasteiger partial charge is 0.484 e. The number of nitrogens with one attached hydrogen (secondary N) is 4. The van der Waals surface area contributed by atoms with Crippen LogP contribution < -0.4 is 26.0 Å². The van der Waals surface area contributed by atoms with Crippen molar-refractivity contribution in [2.45, 2.75) is 62.2 Å². The molecule has 1 aromatic rings. The van der Waals surface area contributed by atoms with Crippen LogP contribution in [0.2, 0.25) is 5.02 Å². The number of carbonyl (C=O) groups is 3. The van der Waals surface area contributed by atoms with Gasteiger partial charge >= 0.3 is 6.36 Å². The summed E-state index contributed by atoms with van der Waals surface area (Å²) < 4.78 is 59.7. The fourth-order valence-corrected chi connectivity index (χ4v) is 5.36. The van der Waals surface area contributed by atoms with Gasteiger partial charge in [0.2, 0.25) is 11.8 Å². The molecular formula is C23H27ClF4N4O5. The Kier molecular flexibility index (Phi) is 8.14. The second kappa shape index (κ2) is 11.0. The molecule has 3 atom stereocenters. The van der Waals surface area contributed by atoms with Gasteiger partial charge in [0.25, 0.3) is 5.91 Å². The maximum absolute atomic E-state index is 13.5. The number of benzene rings is 1. The topological polar surface area (TPSA) is 118 Å². The van der Waals surface area contributed by atoms with E-state index >= 15 is 0 Å². The molecular weight excluding hydrogens is 524 g/mol. The van der Waals surface area contributed by atoms with Crippen LogP contribution in [-0.4, -0.2) is 67.5 Å². The molecule has 0 radical (unpaired) electrons. The Morgan fingerprint density at radius 2 is 1.89 bits per heavy atom. The zero-order chi connectivity index (χ0) is 26.8. The Balaban J connectivity index is 1.13. The molecule has 4 aliphatic rings. The predicted octanol–water partition coefficient (Wildman–Crippen LogP) is 1.78. The molecule has 5 rings (SSSR count). The summed E-state index contributed by atoms with van der Waals surface area (Å²) in [6, 6.07) is 3.02. The van der Waals surface area contributed by atoms with E-state index in [9.17, 15) is 31.9 Å². The number of piperidine rings is 1. The molecule has 2 unspecified atom stereocenters. The van der Waals surface area contributed by atoms with Crippen LogP contribution in [0, 0.1) is 11.7 Å². The van der Waals surface area contributed by atoms with Gasteiger partial charge in [0.05, 0.1) is 23.7 Å². The highest BCUT2D eigenvalue weighted by Crippen LogP contribution is 2.52. The average Bonchev–Trinajstić information content (AvgIpc) is 3.31. The molecule has 1 aliphatic heterocycles. The van der Waals surface area contributed by atoms with E-state index in [1.165, 1.54) is 12.1 Å². The van der Waals surface area contributed by atoms with Crippen LogP contribution in [0.15, 0.2) is 18.2 Å². The minimum absolute atomic E-state index is 0.0476. The van der Waals surface area contributed by atoms with Crippen molar-refractivity contribution < 1.29 is 41.4 Å². The Hall–Kier alpha value is -2.64. The molecule has 2 bridgehead atoms. The molecule has 4 N–H and O–H groups in total.